The van der Waals surface area contributed by atoms with E-state index in [-0.39, 0.29) is 24.2 Å². The summed E-state index contributed by atoms with van der Waals surface area (Å²) in [5.74, 6) is 1.09. The second-order valence-corrected chi connectivity index (χ2v) is 8.15. The Morgan fingerprint density at radius 1 is 1.19 bits per heavy atom. The van der Waals surface area contributed by atoms with Gasteiger partial charge in [-0.05, 0) is 36.5 Å². The molecule has 1 heterocycles. The van der Waals surface area contributed by atoms with Gasteiger partial charge in [-0.15, -0.1) is 0 Å². The maximum atomic E-state index is 12.6. The van der Waals surface area contributed by atoms with Crippen molar-refractivity contribution in [2.75, 3.05) is 6.54 Å². The van der Waals surface area contributed by atoms with Crippen LogP contribution in [0.2, 0.25) is 0 Å². The molecule has 140 valence electrons. The van der Waals surface area contributed by atoms with Gasteiger partial charge in [0.1, 0.15) is 6.04 Å². The van der Waals surface area contributed by atoms with Gasteiger partial charge in [0.25, 0.3) is 5.91 Å². The van der Waals surface area contributed by atoms with Gasteiger partial charge < -0.3 is 4.90 Å². The van der Waals surface area contributed by atoms with Gasteiger partial charge in [0, 0.05) is 5.56 Å². The molecule has 5 heteroatoms. The first-order chi connectivity index (χ1) is 12.4. The predicted octanol–water partition coefficient (Wildman–Crippen LogP) is 3.50. The van der Waals surface area contributed by atoms with Crippen LogP contribution in [0.4, 0.5) is 4.79 Å². The van der Waals surface area contributed by atoms with E-state index in [1.807, 2.05) is 6.07 Å². The fraction of sp³-hybridized carbons (Fsp3) is 0.571. The molecular weight excluding hydrogens is 328 g/mol. The number of benzene rings is 1. The topological polar surface area (TPSA) is 66.5 Å². The Bertz CT molecular complexity index is 686. The zero-order chi connectivity index (χ0) is 18.8. The minimum absolute atomic E-state index is 0.0536. The Kier molecular flexibility index (Phi) is 5.44. The summed E-state index contributed by atoms with van der Waals surface area (Å²) in [4.78, 5) is 39.1. The molecule has 26 heavy (non-hydrogen) atoms. The summed E-state index contributed by atoms with van der Waals surface area (Å²) in [5, 5.41) is 2.44. The van der Waals surface area contributed by atoms with Gasteiger partial charge in [0.15, 0.2) is 5.78 Å². The van der Waals surface area contributed by atoms with E-state index < -0.39 is 12.1 Å². The molecule has 2 unspecified atom stereocenters. The summed E-state index contributed by atoms with van der Waals surface area (Å²) in [7, 11) is 0. The van der Waals surface area contributed by atoms with Gasteiger partial charge >= 0.3 is 6.03 Å². The highest BCUT2D eigenvalue weighted by Gasteiger charge is 2.48. The number of rotatable bonds is 5. The van der Waals surface area contributed by atoms with Gasteiger partial charge in [-0.2, -0.15) is 0 Å². The van der Waals surface area contributed by atoms with Gasteiger partial charge in [-0.1, -0.05) is 57.5 Å². The number of nitrogens with one attached hydrogen (secondary N) is 1. The number of nitrogens with zero attached hydrogens (tertiary/aromatic N) is 1. The summed E-state index contributed by atoms with van der Waals surface area (Å²) in [6, 6.07) is 7.96. The minimum Gasteiger partial charge on any atom is -0.304 e. The molecule has 1 saturated heterocycles. The number of ketones is 1. The van der Waals surface area contributed by atoms with Crippen molar-refractivity contribution < 1.29 is 14.4 Å². The Labute approximate surface area is 155 Å². The van der Waals surface area contributed by atoms with Gasteiger partial charge in [0.05, 0.1) is 6.54 Å². The van der Waals surface area contributed by atoms with Gasteiger partial charge in [-0.3, -0.25) is 14.9 Å². The van der Waals surface area contributed by atoms with Crippen LogP contribution in [-0.2, 0) is 4.79 Å². The number of imide groups is 1. The van der Waals surface area contributed by atoms with Crippen molar-refractivity contribution in [1.29, 1.82) is 0 Å². The summed E-state index contributed by atoms with van der Waals surface area (Å²) in [5.41, 5.74) is 0.566. The minimum atomic E-state index is -0.537. The fourth-order valence-corrected chi connectivity index (χ4v) is 4.62. The Hall–Kier alpha value is -2.17. The molecule has 3 rings (SSSR count). The normalized spacial score (nSPS) is 29.2. The molecule has 2 fully saturated rings. The van der Waals surface area contributed by atoms with Crippen molar-refractivity contribution in [1.82, 2.24) is 10.2 Å². The Morgan fingerprint density at radius 3 is 2.54 bits per heavy atom. The number of carbonyl (C=O) groups is 3. The zero-order valence-electron chi connectivity index (χ0n) is 15.8. The maximum Gasteiger partial charge on any atom is 0.325 e. The molecule has 0 spiro atoms. The molecule has 2 aliphatic rings. The van der Waals surface area contributed by atoms with E-state index in [1.54, 1.807) is 24.3 Å². The molecule has 1 saturated carbocycles. The molecule has 4 atom stereocenters. The monoisotopic (exact) mass is 356 g/mol. The first kappa shape index (κ1) is 18.6. The lowest BCUT2D eigenvalue weighted by atomic mass is 9.67. The number of hydrogen-bond donors (Lipinski definition) is 1. The molecule has 1 aliphatic carbocycles. The van der Waals surface area contributed by atoms with Gasteiger partial charge in [-0.25, -0.2) is 4.79 Å². The fourth-order valence-electron chi connectivity index (χ4n) is 4.62. The van der Waals surface area contributed by atoms with E-state index in [9.17, 15) is 14.4 Å². The third-order valence-corrected chi connectivity index (χ3v) is 5.98. The number of Topliss-reactive ketones (excluding diaryl/α,β-unsaturated/α-hetero) is 1. The van der Waals surface area contributed by atoms with Crippen LogP contribution in [0.15, 0.2) is 30.3 Å². The molecule has 0 aromatic heterocycles. The second-order valence-electron chi connectivity index (χ2n) is 8.15. The average Bonchev–Trinajstić information content (AvgIpc) is 2.88. The van der Waals surface area contributed by atoms with Crippen molar-refractivity contribution in [2.24, 2.45) is 23.7 Å². The summed E-state index contributed by atoms with van der Waals surface area (Å²) < 4.78 is 0. The van der Waals surface area contributed by atoms with E-state index in [1.165, 1.54) is 4.90 Å². The summed E-state index contributed by atoms with van der Waals surface area (Å²) in [6.45, 7) is 6.52. The predicted molar refractivity (Wildman–Crippen MR) is 99.6 cm³/mol. The van der Waals surface area contributed by atoms with Crippen molar-refractivity contribution in [3.8, 4) is 0 Å². The van der Waals surface area contributed by atoms with Gasteiger partial charge in [0.2, 0.25) is 0 Å². The van der Waals surface area contributed by atoms with E-state index in [0.717, 1.165) is 19.3 Å². The van der Waals surface area contributed by atoms with Crippen molar-refractivity contribution in [3.05, 3.63) is 35.9 Å². The largest absolute Gasteiger partial charge is 0.325 e. The number of amides is 3. The smallest absolute Gasteiger partial charge is 0.304 e. The number of carbonyl (C=O) groups excluding carboxylic acids is 3. The van der Waals surface area contributed by atoms with Crippen molar-refractivity contribution in [2.45, 2.75) is 46.1 Å². The van der Waals surface area contributed by atoms with E-state index in [4.69, 9.17) is 0 Å². The Balaban J connectivity index is 1.84. The highest BCUT2D eigenvalue weighted by molar-refractivity contribution is 6.07. The van der Waals surface area contributed by atoms with Crippen LogP contribution < -0.4 is 5.32 Å². The lowest BCUT2D eigenvalue weighted by molar-refractivity contribution is -0.124. The quantitative estimate of drug-likeness (QED) is 0.649. The third kappa shape index (κ3) is 3.67. The SMILES string of the molecule is CC(C)[C@@H]1CC[C@@H](C)CC1C1C(=O)NC(=O)N1CC(=O)c1ccccc1. The van der Waals surface area contributed by atoms with Crippen LogP contribution in [0.5, 0.6) is 0 Å². The van der Waals surface area contributed by atoms with Crippen LogP contribution in [0.25, 0.3) is 0 Å². The maximum absolute atomic E-state index is 12.6. The Morgan fingerprint density at radius 2 is 1.88 bits per heavy atom. The van der Waals surface area contributed by atoms with Crippen LogP contribution in [0.3, 0.4) is 0 Å². The number of urea groups is 1. The first-order valence-electron chi connectivity index (χ1n) is 9.58. The number of hydrogen-bond acceptors (Lipinski definition) is 3. The molecule has 1 aromatic carbocycles. The van der Waals surface area contributed by atoms with Crippen LogP contribution >= 0.6 is 0 Å². The van der Waals surface area contributed by atoms with E-state index >= 15 is 0 Å². The molecule has 1 aromatic rings. The van der Waals surface area contributed by atoms with Crippen molar-refractivity contribution in [3.63, 3.8) is 0 Å². The first-order valence-corrected chi connectivity index (χ1v) is 9.58. The molecule has 1 N–H and O–H groups in total. The average molecular weight is 356 g/mol. The zero-order valence-corrected chi connectivity index (χ0v) is 15.8. The summed E-state index contributed by atoms with van der Waals surface area (Å²) in [6.07, 6.45) is 3.15. The molecule has 0 radical (unpaired) electrons. The summed E-state index contributed by atoms with van der Waals surface area (Å²) >= 11 is 0. The van der Waals surface area contributed by atoms with E-state index in [2.05, 4.69) is 26.1 Å². The lowest BCUT2D eigenvalue weighted by Gasteiger charge is -2.41. The standard InChI is InChI=1S/C21H28N2O3/c1-13(2)16-10-9-14(3)11-17(16)19-20(25)22-21(26)23(19)12-18(24)15-7-5-4-6-8-15/h4-8,13-14,16-17,19H,9-12H2,1-3H3,(H,22,25,26)/t14-,16+,17?,19?/m1/s1. The molecule has 0 bridgehead atoms. The molecule has 3 amide bonds. The van der Waals surface area contributed by atoms with Crippen molar-refractivity contribution >= 4 is 17.7 Å². The highest BCUT2D eigenvalue weighted by Crippen LogP contribution is 2.42. The van der Waals surface area contributed by atoms with Crippen LogP contribution in [-0.4, -0.2) is 35.2 Å². The van der Waals surface area contributed by atoms with E-state index in [0.29, 0.717) is 23.3 Å². The van der Waals surface area contributed by atoms with Crippen LogP contribution in [0.1, 0.15) is 50.4 Å². The second kappa shape index (κ2) is 7.60. The lowest BCUT2D eigenvalue weighted by Crippen LogP contribution is -2.48. The van der Waals surface area contributed by atoms with Crippen LogP contribution in [0, 0.1) is 23.7 Å². The third-order valence-electron chi connectivity index (χ3n) is 5.98. The molecule has 5 nitrogen and oxygen atoms in total. The molecular formula is C21H28N2O3. The molecule has 1 aliphatic heterocycles. The highest BCUT2D eigenvalue weighted by atomic mass is 16.2.